The molecular weight excluding hydrogens is 767 g/mol. The number of hydrogen-bond acceptors (Lipinski definition) is 1. The second-order valence-corrected chi connectivity index (χ2v) is 17.8. The maximum atomic E-state index is 2.45. The van der Waals surface area contributed by atoms with E-state index < -0.39 is 0 Å². The molecule has 0 amide bonds. The number of rotatable bonds is 3. The van der Waals surface area contributed by atoms with Gasteiger partial charge in [-0.1, -0.05) is 152 Å². The Bertz CT molecular complexity index is 4130. The number of thiophene rings is 1. The van der Waals surface area contributed by atoms with Crippen molar-refractivity contribution < 1.29 is 0 Å². The van der Waals surface area contributed by atoms with E-state index in [1.54, 1.807) is 0 Å². The zero-order valence-corrected chi connectivity index (χ0v) is 34.4. The Balaban J connectivity index is 0.998. The third-order valence-electron chi connectivity index (χ3n) is 13.5. The summed E-state index contributed by atoms with van der Waals surface area (Å²) in [5.41, 5.74) is 8.65. The van der Waals surface area contributed by atoms with Gasteiger partial charge in [-0.3, -0.25) is 0 Å². The van der Waals surface area contributed by atoms with Gasteiger partial charge in [0.2, 0.25) is 0 Å². The molecule has 0 spiro atoms. The third-order valence-corrected chi connectivity index (χ3v) is 14.6. The maximum Gasteiger partial charge on any atom is 0.0548 e. The lowest BCUT2D eigenvalue weighted by Gasteiger charge is -2.14. The van der Waals surface area contributed by atoms with Crippen LogP contribution >= 0.6 is 11.3 Å². The summed E-state index contributed by atoms with van der Waals surface area (Å²) < 4.78 is 5.08. The number of para-hydroxylation sites is 1. The Kier molecular flexibility index (Phi) is 7.05. The van der Waals surface area contributed by atoms with Crippen molar-refractivity contribution in [2.45, 2.75) is 0 Å². The molecule has 0 saturated carbocycles. The van der Waals surface area contributed by atoms with Crippen molar-refractivity contribution in [2.24, 2.45) is 0 Å². The Morgan fingerprint density at radius 3 is 1.52 bits per heavy atom. The van der Waals surface area contributed by atoms with Gasteiger partial charge >= 0.3 is 0 Å². The fourth-order valence-corrected chi connectivity index (χ4v) is 11.9. The molecule has 2 heterocycles. The topological polar surface area (TPSA) is 4.93 Å². The van der Waals surface area contributed by atoms with Gasteiger partial charge in [0.15, 0.2) is 0 Å². The van der Waals surface area contributed by atoms with Crippen LogP contribution in [0.2, 0.25) is 0 Å². The van der Waals surface area contributed by atoms with Crippen molar-refractivity contribution in [1.82, 2.24) is 4.57 Å². The van der Waals surface area contributed by atoms with Gasteiger partial charge in [0.25, 0.3) is 0 Å². The minimum atomic E-state index is 1.17. The predicted octanol–water partition coefficient (Wildman–Crippen LogP) is 17.4. The summed E-state index contributed by atoms with van der Waals surface area (Å²) in [5.74, 6) is 0. The van der Waals surface area contributed by atoms with E-state index in [9.17, 15) is 0 Å². The zero-order chi connectivity index (χ0) is 40.5. The average Bonchev–Trinajstić information content (AvgIpc) is 3.88. The molecule has 0 bridgehead atoms. The highest BCUT2D eigenvalue weighted by atomic mass is 32.1. The van der Waals surface area contributed by atoms with Crippen LogP contribution in [0.3, 0.4) is 0 Å². The second kappa shape index (κ2) is 12.9. The Morgan fingerprint density at radius 2 is 0.774 bits per heavy atom. The van der Waals surface area contributed by atoms with Gasteiger partial charge in [-0.15, -0.1) is 11.3 Å². The SMILES string of the molecule is c1ccc(-n2c3ccc4ccccc4c3c3c4c5ccccc5c5cc(-c6ccc7sc8ccc(-c9c%10ccccc%10cc%10ccccc9%10)cc8c7c6)ccc5c4ccc32)cc1. The number of hydrogen-bond donors (Lipinski definition) is 0. The molecule has 1 nitrogen and oxygen atoms in total. The molecule has 286 valence electrons. The van der Waals surface area contributed by atoms with Crippen molar-refractivity contribution in [3.63, 3.8) is 0 Å². The lowest BCUT2D eigenvalue weighted by Crippen LogP contribution is -1.93. The van der Waals surface area contributed by atoms with Gasteiger partial charge in [0.1, 0.15) is 0 Å². The van der Waals surface area contributed by atoms with E-state index in [1.807, 2.05) is 11.3 Å². The minimum Gasteiger partial charge on any atom is -0.309 e. The molecule has 2 heteroatoms. The van der Waals surface area contributed by atoms with Crippen LogP contribution in [0.25, 0.3) is 135 Å². The first-order valence-corrected chi connectivity index (χ1v) is 22.2. The lowest BCUT2D eigenvalue weighted by molar-refractivity contribution is 1.18. The Morgan fingerprint density at radius 1 is 0.274 bits per heavy atom. The van der Waals surface area contributed by atoms with E-state index in [0.717, 1.165) is 0 Å². The van der Waals surface area contributed by atoms with Gasteiger partial charge in [-0.25, -0.2) is 0 Å². The van der Waals surface area contributed by atoms with Crippen molar-refractivity contribution in [2.75, 3.05) is 0 Å². The van der Waals surface area contributed by atoms with Crippen LogP contribution in [0.4, 0.5) is 0 Å². The van der Waals surface area contributed by atoms with Crippen LogP contribution in [-0.4, -0.2) is 4.57 Å². The Labute approximate surface area is 360 Å². The van der Waals surface area contributed by atoms with Crippen molar-refractivity contribution in [1.29, 1.82) is 0 Å². The van der Waals surface area contributed by atoms with E-state index in [0.29, 0.717) is 0 Å². The molecule has 0 saturated heterocycles. The molecule has 14 rings (SSSR count). The number of fused-ring (bicyclic) bond motifs is 17. The molecule has 0 aliphatic rings. The van der Waals surface area contributed by atoms with Gasteiger partial charge < -0.3 is 4.57 Å². The minimum absolute atomic E-state index is 1.17. The summed E-state index contributed by atoms with van der Waals surface area (Å²) >= 11 is 1.88. The molecule has 0 fully saturated rings. The van der Waals surface area contributed by atoms with Crippen LogP contribution in [0.1, 0.15) is 0 Å². The molecule has 62 heavy (non-hydrogen) atoms. The van der Waals surface area contributed by atoms with Crippen molar-refractivity contribution in [3.05, 3.63) is 212 Å². The number of benzene rings is 12. The fraction of sp³-hybridized carbons (Fsp3) is 0. The van der Waals surface area contributed by atoms with Crippen molar-refractivity contribution in [3.8, 4) is 27.9 Å². The van der Waals surface area contributed by atoms with Crippen LogP contribution in [0.15, 0.2) is 212 Å². The van der Waals surface area contributed by atoms with E-state index in [4.69, 9.17) is 0 Å². The standard InChI is InChI=1S/C60H35NS/c1-2-15-42(16-3-1)61-53-28-23-36-12-4-7-17-43(36)59(53)60-54(61)29-27-49-47-26-22-37(33-50(47)46-20-10-11-21-48(46)58(49)60)38-24-30-55-51(34-38)52-35-41(25-31-56(52)62-55)57-44-18-8-5-13-39(44)32-40-14-6-9-19-45(40)57/h1-35H. The highest BCUT2D eigenvalue weighted by molar-refractivity contribution is 7.25. The average molecular weight is 802 g/mol. The molecule has 0 N–H and O–H groups in total. The molecule has 0 aliphatic carbocycles. The summed E-state index contributed by atoms with van der Waals surface area (Å²) in [6.07, 6.45) is 0. The summed E-state index contributed by atoms with van der Waals surface area (Å²) in [6, 6.07) is 79.3. The highest BCUT2D eigenvalue weighted by Crippen LogP contribution is 2.47. The summed E-state index contributed by atoms with van der Waals surface area (Å²) in [7, 11) is 0. The number of nitrogens with zero attached hydrogens (tertiary/aromatic N) is 1. The molecule has 2 aromatic heterocycles. The predicted molar refractivity (Wildman–Crippen MR) is 270 cm³/mol. The maximum absolute atomic E-state index is 2.45. The largest absolute Gasteiger partial charge is 0.309 e. The molecule has 0 radical (unpaired) electrons. The van der Waals surface area contributed by atoms with Gasteiger partial charge in [-0.2, -0.15) is 0 Å². The van der Waals surface area contributed by atoms with E-state index in [1.165, 1.54) is 135 Å². The van der Waals surface area contributed by atoms with E-state index >= 15 is 0 Å². The molecule has 0 atom stereocenters. The quantitative estimate of drug-likeness (QED) is 0.124. The van der Waals surface area contributed by atoms with E-state index in [-0.39, 0.29) is 0 Å². The molecule has 12 aromatic carbocycles. The fourth-order valence-electron chi connectivity index (χ4n) is 10.8. The lowest BCUT2D eigenvalue weighted by atomic mass is 9.89. The zero-order valence-electron chi connectivity index (χ0n) is 33.6. The normalized spacial score (nSPS) is 12.2. The van der Waals surface area contributed by atoms with Crippen LogP contribution in [-0.2, 0) is 0 Å². The van der Waals surface area contributed by atoms with Crippen LogP contribution in [0, 0.1) is 0 Å². The molecule has 0 aliphatic heterocycles. The summed E-state index contributed by atoms with van der Waals surface area (Å²) in [4.78, 5) is 0. The molecule has 14 aromatic rings. The second-order valence-electron chi connectivity index (χ2n) is 16.8. The number of aromatic nitrogens is 1. The van der Waals surface area contributed by atoms with Crippen LogP contribution in [0.5, 0.6) is 0 Å². The van der Waals surface area contributed by atoms with E-state index in [2.05, 4.69) is 217 Å². The first-order chi connectivity index (χ1) is 30.7. The Hall–Kier alpha value is -7.78. The van der Waals surface area contributed by atoms with Crippen molar-refractivity contribution >= 4 is 118 Å². The third kappa shape index (κ3) is 4.78. The summed E-state index contributed by atoms with van der Waals surface area (Å²) in [5, 5.41) is 20.6. The van der Waals surface area contributed by atoms with Gasteiger partial charge in [0.05, 0.1) is 11.0 Å². The van der Waals surface area contributed by atoms with Crippen LogP contribution < -0.4 is 0 Å². The molecular formula is C60H35NS. The van der Waals surface area contributed by atoms with Gasteiger partial charge in [0, 0.05) is 42.0 Å². The first-order valence-electron chi connectivity index (χ1n) is 21.4. The highest BCUT2D eigenvalue weighted by Gasteiger charge is 2.21. The smallest absolute Gasteiger partial charge is 0.0548 e. The first kappa shape index (κ1) is 34.0. The monoisotopic (exact) mass is 801 g/mol. The molecule has 0 unspecified atom stereocenters. The van der Waals surface area contributed by atoms with Gasteiger partial charge in [-0.05, 0) is 142 Å². The summed E-state index contributed by atoms with van der Waals surface area (Å²) in [6.45, 7) is 0.